The Morgan fingerprint density at radius 2 is 1.67 bits per heavy atom. The van der Waals surface area contributed by atoms with E-state index in [4.69, 9.17) is 14.6 Å². The van der Waals surface area contributed by atoms with Crippen LogP contribution in [0, 0.1) is 11.8 Å². The molecule has 3 unspecified atom stereocenters. The van der Waals surface area contributed by atoms with Crippen molar-refractivity contribution in [1.29, 1.82) is 0 Å². The molecule has 5 rings (SSSR count). The van der Waals surface area contributed by atoms with Crippen LogP contribution in [0.25, 0.3) is 11.0 Å². The van der Waals surface area contributed by atoms with E-state index in [0.717, 1.165) is 43.4 Å². The van der Waals surface area contributed by atoms with Gasteiger partial charge in [-0.1, -0.05) is 58.7 Å². The average Bonchev–Trinajstić information content (AvgIpc) is 3.48. The number of nitrogens with zero attached hydrogens (tertiary/aromatic N) is 3. The smallest absolute Gasteiger partial charge is 0.405 e. The van der Waals surface area contributed by atoms with Crippen LogP contribution in [-0.2, 0) is 36.0 Å². The number of allylic oxidation sites excluding steroid dienone is 1. The normalized spacial score (nSPS) is 20.9. The van der Waals surface area contributed by atoms with Crippen molar-refractivity contribution in [1.82, 2.24) is 30.2 Å². The van der Waals surface area contributed by atoms with Crippen LogP contribution in [0.2, 0.25) is 0 Å². The highest BCUT2D eigenvalue weighted by Gasteiger charge is 2.47. The Kier molecular flexibility index (Phi) is 15.8. The molecule has 1 aromatic carbocycles. The fourth-order valence-corrected chi connectivity index (χ4v) is 7.12. The van der Waals surface area contributed by atoms with Crippen molar-refractivity contribution in [2.75, 3.05) is 19.7 Å². The van der Waals surface area contributed by atoms with Crippen molar-refractivity contribution >= 4 is 45.8 Å². The van der Waals surface area contributed by atoms with E-state index in [0.29, 0.717) is 18.9 Å². The molecule has 2 heterocycles. The lowest BCUT2D eigenvalue weighted by molar-refractivity contribution is -0.139. The number of carbonyl (C=O) groups is 4. The monoisotopic (exact) mass is 828 g/mol. The van der Waals surface area contributed by atoms with Gasteiger partial charge in [0.1, 0.15) is 35.7 Å². The van der Waals surface area contributed by atoms with Gasteiger partial charge >= 0.3 is 12.0 Å². The number of amides is 4. The van der Waals surface area contributed by atoms with Gasteiger partial charge in [0, 0.05) is 12.3 Å². The quantitative estimate of drug-likeness (QED) is 0.129. The summed E-state index contributed by atoms with van der Waals surface area (Å²) < 4.78 is 85.1. The van der Waals surface area contributed by atoms with Gasteiger partial charge in [-0.25, -0.2) is 27.8 Å². The molecule has 1 aliphatic heterocycles. The molecule has 0 bridgehead atoms. The molecule has 2 aliphatic carbocycles. The van der Waals surface area contributed by atoms with Crippen LogP contribution in [0.3, 0.4) is 0 Å². The van der Waals surface area contributed by atoms with Gasteiger partial charge in [-0.3, -0.25) is 19.1 Å². The first kappa shape index (κ1) is 45.3. The van der Waals surface area contributed by atoms with Gasteiger partial charge < -0.3 is 30.1 Å². The number of carboxylic acid groups (broad SMARTS) is 1. The Labute approximate surface area is 331 Å². The Morgan fingerprint density at radius 1 is 1.05 bits per heavy atom. The highest BCUT2D eigenvalue weighted by molar-refractivity contribution is 7.85. The summed E-state index contributed by atoms with van der Waals surface area (Å²) in [5, 5.41) is 13.2. The highest BCUT2D eigenvalue weighted by Crippen LogP contribution is 2.40. The van der Waals surface area contributed by atoms with Gasteiger partial charge in [0.2, 0.25) is 24.1 Å². The van der Waals surface area contributed by atoms with E-state index in [1.807, 2.05) is 5.32 Å². The fraction of sp³-hybridized carbons (Fsp3) is 0.632. The SMILES string of the molecule is CC(C)C.C[C@@H](C(F)F)C(NC(=O)C1C[C@@H](Oc2nc3ccccc3nc2C(F)(F)/C=C/COC2CCCC2)CN1C(=O)CNC(=O)O)C(=O)NS(=O)C1(C)CC1. The van der Waals surface area contributed by atoms with Crippen molar-refractivity contribution in [3.8, 4) is 5.88 Å². The van der Waals surface area contributed by atoms with Gasteiger partial charge in [-0.2, -0.15) is 8.78 Å². The van der Waals surface area contributed by atoms with Crippen LogP contribution in [-0.4, -0.2) is 103 Å². The van der Waals surface area contributed by atoms with Crippen molar-refractivity contribution in [2.45, 2.75) is 121 Å². The van der Waals surface area contributed by atoms with Crippen molar-refractivity contribution in [2.24, 2.45) is 11.8 Å². The van der Waals surface area contributed by atoms with Crippen LogP contribution in [0.1, 0.15) is 85.3 Å². The average molecular weight is 829 g/mol. The van der Waals surface area contributed by atoms with E-state index in [9.17, 15) is 32.2 Å². The molecular formula is C38H52F4N6O8S. The van der Waals surface area contributed by atoms with Gasteiger partial charge in [-0.15, -0.1) is 0 Å². The number of alkyl halides is 4. The molecule has 3 fully saturated rings. The third-order valence-electron chi connectivity index (χ3n) is 9.57. The van der Waals surface area contributed by atoms with Crippen LogP contribution in [0.5, 0.6) is 5.88 Å². The topological polar surface area (TPSA) is 189 Å². The predicted molar refractivity (Wildman–Crippen MR) is 203 cm³/mol. The molecule has 2 aromatic rings. The van der Waals surface area contributed by atoms with E-state index in [-0.39, 0.29) is 23.7 Å². The minimum absolute atomic E-state index is 0.00472. The van der Waals surface area contributed by atoms with E-state index in [2.05, 4.69) is 40.8 Å². The maximum Gasteiger partial charge on any atom is 0.405 e. The van der Waals surface area contributed by atoms with Crippen molar-refractivity contribution in [3.05, 3.63) is 42.1 Å². The summed E-state index contributed by atoms with van der Waals surface area (Å²) in [6.45, 7) is 7.85. The Hall–Kier alpha value is -4.39. The standard InChI is InChI=1S/C34H42F4N6O8S.C4H10/c1-19(28(35)36)26(30(47)43-53(50)33(2)13-14-33)42-29(46)24-16-21(18-44(24)25(45)17-39-32(48)49)52-31-27(40-22-10-5-6-11-23(22)41-31)34(37,38)12-7-15-51-20-8-3-4-9-20;1-4(2)3/h5-7,10-12,19-21,24,26,28,39H,3-4,8-9,13-18H2,1-2H3,(H,42,46)(H,43,47)(H,48,49);4H,1-3H3/b12-7+;/t19-,21-,24?,26?,53?;/m1./s1. The lowest BCUT2D eigenvalue weighted by Gasteiger charge is -2.28. The molecule has 1 saturated heterocycles. The maximum atomic E-state index is 15.8. The Bertz CT molecular complexity index is 1790. The van der Waals surface area contributed by atoms with Crippen LogP contribution in [0.15, 0.2) is 36.4 Å². The molecule has 2 saturated carbocycles. The number of hydrogen-bond donors (Lipinski definition) is 4. The first-order valence-corrected chi connectivity index (χ1v) is 20.1. The van der Waals surface area contributed by atoms with Crippen LogP contribution >= 0.6 is 0 Å². The minimum atomic E-state index is -3.72. The molecule has 3 aliphatic rings. The summed E-state index contributed by atoms with van der Waals surface area (Å²) in [7, 11) is -1.93. The van der Waals surface area contributed by atoms with Crippen LogP contribution in [0.4, 0.5) is 22.4 Å². The number of benzene rings is 1. The molecule has 316 valence electrons. The van der Waals surface area contributed by atoms with E-state index >= 15 is 8.78 Å². The zero-order chi connectivity index (χ0) is 42.1. The summed E-state index contributed by atoms with van der Waals surface area (Å²) in [6, 6.07) is 2.79. The number of hydrogen-bond acceptors (Lipinski definition) is 9. The zero-order valence-corrected chi connectivity index (χ0v) is 33.5. The molecule has 57 heavy (non-hydrogen) atoms. The maximum absolute atomic E-state index is 15.8. The molecule has 5 atom stereocenters. The largest absolute Gasteiger partial charge is 0.471 e. The molecular weight excluding hydrogens is 777 g/mol. The van der Waals surface area contributed by atoms with Crippen molar-refractivity contribution < 1.29 is 55.5 Å². The number of ether oxygens (including phenoxy) is 2. The summed E-state index contributed by atoms with van der Waals surface area (Å²) in [5.74, 6) is -8.39. The van der Waals surface area contributed by atoms with Gasteiger partial charge in [0.25, 0.3) is 5.91 Å². The van der Waals surface area contributed by atoms with E-state index in [1.54, 1.807) is 19.1 Å². The minimum Gasteiger partial charge on any atom is -0.471 e. The molecule has 1 aromatic heterocycles. The first-order chi connectivity index (χ1) is 26.8. The molecule has 0 spiro atoms. The lowest BCUT2D eigenvalue weighted by atomic mass is 10.0. The number of aromatic nitrogens is 2. The second kappa shape index (κ2) is 19.8. The Morgan fingerprint density at radius 3 is 2.25 bits per heavy atom. The van der Waals surface area contributed by atoms with E-state index in [1.165, 1.54) is 18.2 Å². The number of rotatable bonds is 16. The number of para-hydroxylation sites is 2. The Balaban J connectivity index is 0.00000172. The molecule has 4 N–H and O–H groups in total. The van der Waals surface area contributed by atoms with Crippen molar-refractivity contribution in [3.63, 3.8) is 0 Å². The number of nitrogens with one attached hydrogen (secondary N) is 3. The molecule has 19 heteroatoms. The molecule has 14 nitrogen and oxygen atoms in total. The summed E-state index contributed by atoms with van der Waals surface area (Å²) >= 11 is 0. The number of likely N-dealkylation sites (tertiary alicyclic amines) is 1. The third kappa shape index (κ3) is 12.8. The summed E-state index contributed by atoms with van der Waals surface area (Å²) in [6.07, 6.45) is 0.339. The first-order valence-electron chi connectivity index (χ1n) is 19.0. The van der Waals surface area contributed by atoms with Gasteiger partial charge in [0.15, 0.2) is 5.69 Å². The fourth-order valence-electron chi connectivity index (χ4n) is 6.09. The second-order valence-electron chi connectivity index (χ2n) is 15.4. The summed E-state index contributed by atoms with van der Waals surface area (Å²) in [4.78, 5) is 60.4. The van der Waals surface area contributed by atoms with E-state index < -0.39 is 107 Å². The zero-order valence-electron chi connectivity index (χ0n) is 32.6. The number of halogens is 4. The summed E-state index contributed by atoms with van der Waals surface area (Å²) in [5.41, 5.74) is -0.514. The molecule has 0 radical (unpaired) electrons. The highest BCUT2D eigenvalue weighted by atomic mass is 32.2. The lowest BCUT2D eigenvalue weighted by Crippen LogP contribution is -2.57. The molecule has 4 amide bonds. The predicted octanol–water partition coefficient (Wildman–Crippen LogP) is 5.23. The number of carbonyl (C=O) groups excluding carboxylic acids is 3. The third-order valence-corrected chi connectivity index (χ3v) is 11.3. The van der Waals surface area contributed by atoms with Crippen LogP contribution < -0.4 is 20.1 Å². The second-order valence-corrected chi connectivity index (χ2v) is 17.2. The van der Waals surface area contributed by atoms with Gasteiger partial charge in [0.05, 0.1) is 35.0 Å². The van der Waals surface area contributed by atoms with Gasteiger partial charge in [-0.05, 0) is 56.7 Å². The number of fused-ring (bicyclic) bond motifs is 1.